The number of fused-ring (bicyclic) bond motifs is 5. The van der Waals surface area contributed by atoms with Crippen molar-refractivity contribution in [2.45, 2.75) is 56.2 Å². The monoisotopic (exact) mass is 629 g/mol. The van der Waals surface area contributed by atoms with Crippen LogP contribution >= 0.6 is 11.8 Å². The van der Waals surface area contributed by atoms with Crippen molar-refractivity contribution in [1.29, 1.82) is 0 Å². The van der Waals surface area contributed by atoms with Crippen molar-refractivity contribution in [3.8, 4) is 5.75 Å². The number of aromatic nitrogens is 1. The number of thioether (sulfide) groups is 1. The molecule has 3 aliphatic heterocycles. The fraction of sp³-hybridized carbons (Fsp3) is 0.387. The van der Waals surface area contributed by atoms with Crippen molar-refractivity contribution in [2.75, 3.05) is 19.4 Å². The molecular weight excluding hydrogens is 599 g/mol. The minimum Gasteiger partial charge on any atom is -0.483 e. The third-order valence-electron chi connectivity index (χ3n) is 8.37. The molecular formula is C31H30F3N3O6S. The van der Waals surface area contributed by atoms with E-state index in [2.05, 4.69) is 5.32 Å². The molecule has 2 aromatic carbocycles. The second-order valence-corrected chi connectivity index (χ2v) is 12.3. The van der Waals surface area contributed by atoms with Crippen molar-refractivity contribution in [2.24, 2.45) is 0 Å². The predicted molar refractivity (Wildman–Crippen MR) is 155 cm³/mol. The Hall–Kier alpha value is -3.81. The smallest absolute Gasteiger partial charge is 0.274 e. The summed E-state index contributed by atoms with van der Waals surface area (Å²) in [5.41, 5.74) is -1.09. The summed E-state index contributed by atoms with van der Waals surface area (Å²) >= 11 is 1.55. The van der Waals surface area contributed by atoms with Gasteiger partial charge in [-0.1, -0.05) is 30.3 Å². The molecule has 1 N–H and O–H groups in total. The van der Waals surface area contributed by atoms with Crippen molar-refractivity contribution in [1.82, 2.24) is 14.8 Å². The number of rotatable bonds is 7. The van der Waals surface area contributed by atoms with Gasteiger partial charge in [-0.05, 0) is 25.3 Å². The molecule has 13 heteroatoms. The van der Waals surface area contributed by atoms with Crippen LogP contribution in [0.15, 0.2) is 53.5 Å². The molecule has 3 aromatic rings. The van der Waals surface area contributed by atoms with Crippen LogP contribution in [0, 0.1) is 17.5 Å². The Labute approximate surface area is 255 Å². The lowest BCUT2D eigenvalue weighted by molar-refractivity contribution is -0.155. The van der Waals surface area contributed by atoms with Gasteiger partial charge < -0.3 is 29.0 Å². The number of nitrogens with zero attached hydrogens (tertiary/aromatic N) is 2. The van der Waals surface area contributed by atoms with E-state index < -0.39 is 64.1 Å². The Kier molecular flexibility index (Phi) is 8.20. The second-order valence-electron chi connectivity index (χ2n) is 11.0. The molecule has 0 saturated carbocycles. The van der Waals surface area contributed by atoms with Crippen LogP contribution in [0.1, 0.15) is 57.8 Å². The zero-order valence-electron chi connectivity index (χ0n) is 24.0. The van der Waals surface area contributed by atoms with Gasteiger partial charge in [-0.25, -0.2) is 13.2 Å². The first-order chi connectivity index (χ1) is 21.1. The van der Waals surface area contributed by atoms with Crippen molar-refractivity contribution >= 4 is 23.6 Å². The topological polar surface area (TPSA) is 99.1 Å². The average Bonchev–Trinajstić information content (AvgIpc) is 3.38. The summed E-state index contributed by atoms with van der Waals surface area (Å²) in [6.45, 7) is 1.49. The van der Waals surface area contributed by atoms with Gasteiger partial charge in [0.05, 0.1) is 6.04 Å². The van der Waals surface area contributed by atoms with Crippen LogP contribution in [0.2, 0.25) is 0 Å². The van der Waals surface area contributed by atoms with Gasteiger partial charge in [0.15, 0.2) is 17.7 Å². The molecule has 3 aliphatic rings. The van der Waals surface area contributed by atoms with Crippen LogP contribution in [0.3, 0.4) is 0 Å². The first-order valence-corrected chi connectivity index (χ1v) is 15.1. The van der Waals surface area contributed by atoms with Crippen LogP contribution in [0.25, 0.3) is 0 Å². The molecule has 2 amide bonds. The van der Waals surface area contributed by atoms with Gasteiger partial charge in [0.1, 0.15) is 34.6 Å². The summed E-state index contributed by atoms with van der Waals surface area (Å²) in [4.78, 5) is 42.2. The van der Waals surface area contributed by atoms with Crippen molar-refractivity contribution in [3.05, 3.63) is 98.7 Å². The first-order valence-electron chi connectivity index (χ1n) is 14.1. The Morgan fingerprint density at radius 2 is 1.89 bits per heavy atom. The van der Waals surface area contributed by atoms with Crippen LogP contribution in [-0.2, 0) is 22.6 Å². The number of hydrogen-bond donors (Lipinski definition) is 1. The third-order valence-corrected chi connectivity index (χ3v) is 9.87. The third kappa shape index (κ3) is 5.37. The van der Waals surface area contributed by atoms with Gasteiger partial charge in [0, 0.05) is 55.9 Å². The van der Waals surface area contributed by atoms with Crippen LogP contribution in [0.5, 0.6) is 5.75 Å². The van der Waals surface area contributed by atoms with E-state index in [0.29, 0.717) is 30.7 Å². The molecule has 232 valence electrons. The fourth-order valence-corrected chi connectivity index (χ4v) is 7.41. The van der Waals surface area contributed by atoms with Gasteiger partial charge in [-0.15, -0.1) is 11.8 Å². The molecule has 1 spiro atoms. The molecule has 2 saturated heterocycles. The summed E-state index contributed by atoms with van der Waals surface area (Å²) in [5.74, 6) is -4.59. The molecule has 2 fully saturated rings. The van der Waals surface area contributed by atoms with E-state index in [4.69, 9.17) is 14.2 Å². The Morgan fingerprint density at radius 1 is 1.16 bits per heavy atom. The molecule has 9 nitrogen and oxygen atoms in total. The summed E-state index contributed by atoms with van der Waals surface area (Å²) in [5, 5.41) is 2.37. The summed E-state index contributed by atoms with van der Waals surface area (Å²) < 4.78 is 61.5. The Balaban J connectivity index is 1.45. The normalized spacial score (nSPS) is 24.2. The largest absolute Gasteiger partial charge is 0.483 e. The summed E-state index contributed by atoms with van der Waals surface area (Å²) in [6.07, 6.45) is 2.01. The minimum absolute atomic E-state index is 0.00690. The fourth-order valence-electron chi connectivity index (χ4n) is 5.97. The van der Waals surface area contributed by atoms with Crippen LogP contribution in [-0.4, -0.2) is 58.0 Å². The molecule has 4 heterocycles. The molecule has 6 rings (SSSR count). The van der Waals surface area contributed by atoms with E-state index in [1.807, 2.05) is 13.0 Å². The Morgan fingerprint density at radius 3 is 2.57 bits per heavy atom. The summed E-state index contributed by atoms with van der Waals surface area (Å²) in [6, 6.07) is 9.34. The number of halogens is 3. The van der Waals surface area contributed by atoms with E-state index >= 15 is 0 Å². The quantitative estimate of drug-likeness (QED) is 0.414. The Bertz CT molecular complexity index is 1650. The van der Waals surface area contributed by atoms with Gasteiger partial charge in [0.25, 0.3) is 11.8 Å². The maximum Gasteiger partial charge on any atom is 0.274 e. The first kappa shape index (κ1) is 30.2. The number of benzene rings is 2. The average molecular weight is 630 g/mol. The molecule has 4 atom stereocenters. The van der Waals surface area contributed by atoms with E-state index in [1.165, 1.54) is 6.20 Å². The number of carbonyl (C=O) groups excluding carboxylic acids is 2. The lowest BCUT2D eigenvalue weighted by Gasteiger charge is -2.42. The highest BCUT2D eigenvalue weighted by Crippen LogP contribution is 2.52. The van der Waals surface area contributed by atoms with Gasteiger partial charge >= 0.3 is 0 Å². The van der Waals surface area contributed by atoms with Crippen LogP contribution < -0.4 is 15.5 Å². The minimum atomic E-state index is -1.18. The zero-order chi connectivity index (χ0) is 31.2. The summed E-state index contributed by atoms with van der Waals surface area (Å²) in [7, 11) is 1.55. The van der Waals surface area contributed by atoms with Gasteiger partial charge in [0.2, 0.25) is 5.43 Å². The van der Waals surface area contributed by atoms with Gasteiger partial charge in [-0.3, -0.25) is 14.4 Å². The van der Waals surface area contributed by atoms with E-state index in [1.54, 1.807) is 52.6 Å². The predicted octanol–water partition coefficient (Wildman–Crippen LogP) is 4.39. The second kappa shape index (κ2) is 11.9. The highest BCUT2D eigenvalue weighted by molar-refractivity contribution is 8.00. The zero-order valence-corrected chi connectivity index (χ0v) is 24.8. The number of nitrogens with one attached hydrogen (secondary N) is 1. The van der Waals surface area contributed by atoms with Gasteiger partial charge in [-0.2, -0.15) is 0 Å². The van der Waals surface area contributed by atoms with E-state index in [9.17, 15) is 27.6 Å². The van der Waals surface area contributed by atoms with E-state index in [-0.39, 0.29) is 36.2 Å². The number of amides is 2. The van der Waals surface area contributed by atoms with E-state index in [0.717, 1.165) is 5.56 Å². The highest BCUT2D eigenvalue weighted by atomic mass is 32.2. The number of ether oxygens (including phenoxy) is 3. The van der Waals surface area contributed by atoms with Crippen molar-refractivity contribution < 1.29 is 37.0 Å². The van der Waals surface area contributed by atoms with Crippen LogP contribution in [0.4, 0.5) is 13.2 Å². The highest BCUT2D eigenvalue weighted by Gasteiger charge is 2.54. The number of carbonyl (C=O) groups is 2. The molecule has 0 aliphatic carbocycles. The van der Waals surface area contributed by atoms with Crippen molar-refractivity contribution in [3.63, 3.8) is 0 Å². The molecule has 0 radical (unpaired) electrons. The molecule has 1 aromatic heterocycles. The maximum absolute atomic E-state index is 14.3. The maximum atomic E-state index is 14.3. The molecule has 44 heavy (non-hydrogen) atoms. The lowest BCUT2D eigenvalue weighted by atomic mass is 10.0. The number of pyridine rings is 1. The number of methoxy groups -OCH3 is 1. The molecule has 0 unspecified atom stereocenters. The number of hydrogen-bond acceptors (Lipinski definition) is 7. The SMILES string of the molecule is CO[C@H]1CS[C@]2(CC[C@H](C)N3C[C@H]2n2cc(C(=O)NCc4c(F)cc(F)cc4F)c(=O)c(OCc4ccccc4)c2C3=O)O1. The standard InChI is InChI=1S/C31H30F3N3O6S/c1-17-8-9-31(43-25(41-2)16-44-31)24-14-36(17)30(40)26-28(42-15-18-6-4-3-5-7-18)27(38)21(13-37(24)26)29(39)35-12-20-22(33)10-19(32)11-23(20)34/h3-7,10-11,13,17,24-25H,8-9,12,14-16H2,1-2H3,(H,35,39)/t17-,24+,25+,31-/m0/s1. The molecule has 2 bridgehead atoms. The lowest BCUT2D eigenvalue weighted by Crippen LogP contribution is -2.52.